The first kappa shape index (κ1) is 13.0. The number of carbonyl (C=O) groups excluding carboxylic acids is 1. The minimum absolute atomic E-state index is 0.0604. The summed E-state index contributed by atoms with van der Waals surface area (Å²) < 4.78 is 5.38. The minimum atomic E-state index is -0.0604. The van der Waals surface area contributed by atoms with Gasteiger partial charge < -0.3 is 9.53 Å². The first-order valence-electron chi connectivity index (χ1n) is 6.89. The normalized spacial score (nSPS) is 39.4. The molecule has 0 bridgehead atoms. The second-order valence-corrected chi connectivity index (χ2v) is 6.04. The van der Waals surface area contributed by atoms with E-state index in [0.717, 1.165) is 44.8 Å². The fourth-order valence-corrected chi connectivity index (χ4v) is 3.23. The Morgan fingerprint density at radius 1 is 1.35 bits per heavy atom. The molecule has 0 aromatic heterocycles. The topological polar surface area (TPSA) is 29.5 Å². The SMILES string of the molecule is COC1CCN(CC2(C=O)CCC(C)CC2)C1. The van der Waals surface area contributed by atoms with Crippen LogP contribution in [0.1, 0.15) is 39.0 Å². The molecule has 1 aliphatic heterocycles. The van der Waals surface area contributed by atoms with Crippen molar-refractivity contribution in [2.24, 2.45) is 11.3 Å². The Balaban J connectivity index is 1.89. The maximum Gasteiger partial charge on any atom is 0.127 e. The van der Waals surface area contributed by atoms with Crippen LogP contribution in [0, 0.1) is 11.3 Å². The molecule has 3 heteroatoms. The zero-order valence-corrected chi connectivity index (χ0v) is 11.2. The van der Waals surface area contributed by atoms with Crippen molar-refractivity contribution in [1.29, 1.82) is 0 Å². The molecule has 1 unspecified atom stereocenters. The van der Waals surface area contributed by atoms with Gasteiger partial charge in [0.2, 0.25) is 0 Å². The van der Waals surface area contributed by atoms with Crippen LogP contribution in [0.15, 0.2) is 0 Å². The smallest absolute Gasteiger partial charge is 0.127 e. The third-order valence-corrected chi connectivity index (χ3v) is 4.62. The van der Waals surface area contributed by atoms with E-state index in [-0.39, 0.29) is 5.41 Å². The predicted molar refractivity (Wildman–Crippen MR) is 68.0 cm³/mol. The number of hydrogen-bond acceptors (Lipinski definition) is 3. The molecule has 2 fully saturated rings. The predicted octanol–water partition coefficient (Wildman–Crippen LogP) is 2.10. The van der Waals surface area contributed by atoms with Crippen molar-refractivity contribution in [2.75, 3.05) is 26.7 Å². The second kappa shape index (κ2) is 5.49. The van der Waals surface area contributed by atoms with Crippen molar-refractivity contribution in [3.8, 4) is 0 Å². The van der Waals surface area contributed by atoms with E-state index in [4.69, 9.17) is 4.74 Å². The van der Waals surface area contributed by atoms with Crippen molar-refractivity contribution in [2.45, 2.75) is 45.1 Å². The monoisotopic (exact) mass is 239 g/mol. The van der Waals surface area contributed by atoms with Crippen molar-refractivity contribution in [3.63, 3.8) is 0 Å². The molecule has 1 atom stereocenters. The molecule has 0 spiro atoms. The Labute approximate surface area is 105 Å². The number of carbonyl (C=O) groups is 1. The van der Waals surface area contributed by atoms with Gasteiger partial charge >= 0.3 is 0 Å². The molecule has 2 aliphatic rings. The Bertz CT molecular complexity index is 259. The summed E-state index contributed by atoms with van der Waals surface area (Å²) >= 11 is 0. The van der Waals surface area contributed by atoms with Crippen LogP contribution in [0.5, 0.6) is 0 Å². The lowest BCUT2D eigenvalue weighted by molar-refractivity contribution is -0.119. The molecule has 1 heterocycles. The highest BCUT2D eigenvalue weighted by atomic mass is 16.5. The molecular formula is C14H25NO2. The highest BCUT2D eigenvalue weighted by Gasteiger charge is 2.37. The van der Waals surface area contributed by atoms with Gasteiger partial charge in [0.1, 0.15) is 6.29 Å². The van der Waals surface area contributed by atoms with Crippen molar-refractivity contribution >= 4 is 6.29 Å². The molecular weight excluding hydrogens is 214 g/mol. The Morgan fingerprint density at radius 3 is 2.59 bits per heavy atom. The second-order valence-electron chi connectivity index (χ2n) is 6.04. The Morgan fingerprint density at radius 2 is 2.06 bits per heavy atom. The van der Waals surface area contributed by atoms with Crippen LogP contribution in [0.4, 0.5) is 0 Å². The fraction of sp³-hybridized carbons (Fsp3) is 0.929. The van der Waals surface area contributed by atoms with E-state index in [1.165, 1.54) is 19.1 Å². The van der Waals surface area contributed by atoms with Gasteiger partial charge in [-0.05, 0) is 38.0 Å². The number of likely N-dealkylation sites (tertiary alicyclic amines) is 1. The van der Waals surface area contributed by atoms with Crippen LogP contribution in [-0.2, 0) is 9.53 Å². The van der Waals surface area contributed by atoms with Gasteiger partial charge in [0.15, 0.2) is 0 Å². The fourth-order valence-electron chi connectivity index (χ4n) is 3.23. The standard InChI is InChI=1S/C14H25NO2/c1-12-3-6-14(11-16,7-4-12)10-15-8-5-13(9-15)17-2/h11-13H,3-10H2,1-2H3. The van der Waals surface area contributed by atoms with Gasteiger partial charge in [0.05, 0.1) is 6.10 Å². The van der Waals surface area contributed by atoms with Crippen LogP contribution >= 0.6 is 0 Å². The average molecular weight is 239 g/mol. The van der Waals surface area contributed by atoms with Crippen molar-refractivity contribution in [1.82, 2.24) is 4.90 Å². The summed E-state index contributed by atoms with van der Waals surface area (Å²) in [5.41, 5.74) is -0.0604. The van der Waals surface area contributed by atoms with Crippen LogP contribution < -0.4 is 0 Å². The molecule has 98 valence electrons. The van der Waals surface area contributed by atoms with Gasteiger partial charge in [-0.15, -0.1) is 0 Å². The maximum absolute atomic E-state index is 11.5. The first-order valence-corrected chi connectivity index (χ1v) is 6.89. The van der Waals surface area contributed by atoms with E-state index in [0.29, 0.717) is 6.10 Å². The molecule has 1 saturated heterocycles. The van der Waals surface area contributed by atoms with Crippen molar-refractivity contribution < 1.29 is 9.53 Å². The minimum Gasteiger partial charge on any atom is -0.380 e. The van der Waals surface area contributed by atoms with E-state index >= 15 is 0 Å². The summed E-state index contributed by atoms with van der Waals surface area (Å²) in [6, 6.07) is 0. The quantitative estimate of drug-likeness (QED) is 0.704. The molecule has 2 rings (SSSR count). The van der Waals surface area contributed by atoms with Crippen LogP contribution in [0.3, 0.4) is 0 Å². The van der Waals surface area contributed by atoms with Crippen LogP contribution in [0.2, 0.25) is 0 Å². The van der Waals surface area contributed by atoms with Gasteiger partial charge in [-0.1, -0.05) is 6.92 Å². The summed E-state index contributed by atoms with van der Waals surface area (Å²) in [4.78, 5) is 13.9. The highest BCUT2D eigenvalue weighted by molar-refractivity contribution is 5.60. The molecule has 0 radical (unpaired) electrons. The van der Waals surface area contributed by atoms with Gasteiger partial charge in [-0.2, -0.15) is 0 Å². The lowest BCUT2D eigenvalue weighted by Crippen LogP contribution is -2.40. The summed E-state index contributed by atoms with van der Waals surface area (Å²) in [7, 11) is 1.78. The lowest BCUT2D eigenvalue weighted by Gasteiger charge is -2.37. The number of aldehydes is 1. The van der Waals surface area contributed by atoms with Crippen LogP contribution in [0.25, 0.3) is 0 Å². The Kier molecular flexibility index (Phi) is 4.21. The highest BCUT2D eigenvalue weighted by Crippen LogP contribution is 2.38. The van der Waals surface area contributed by atoms with Crippen molar-refractivity contribution in [3.05, 3.63) is 0 Å². The van der Waals surface area contributed by atoms with E-state index in [2.05, 4.69) is 11.8 Å². The molecule has 3 nitrogen and oxygen atoms in total. The molecule has 17 heavy (non-hydrogen) atoms. The molecule has 0 N–H and O–H groups in total. The molecule has 0 aromatic rings. The van der Waals surface area contributed by atoms with E-state index in [9.17, 15) is 4.79 Å². The lowest BCUT2D eigenvalue weighted by atomic mass is 9.71. The van der Waals surface area contributed by atoms with E-state index in [1.54, 1.807) is 7.11 Å². The number of hydrogen-bond donors (Lipinski definition) is 0. The zero-order chi connectivity index (χ0) is 12.3. The van der Waals surface area contributed by atoms with Gasteiger partial charge in [-0.25, -0.2) is 0 Å². The molecule has 1 saturated carbocycles. The third kappa shape index (κ3) is 3.08. The molecule has 1 aliphatic carbocycles. The first-order chi connectivity index (χ1) is 8.17. The summed E-state index contributed by atoms with van der Waals surface area (Å²) in [5, 5.41) is 0. The summed E-state index contributed by atoms with van der Waals surface area (Å²) in [6.45, 7) is 5.33. The number of nitrogens with zero attached hydrogens (tertiary/aromatic N) is 1. The van der Waals surface area contributed by atoms with Crippen LogP contribution in [-0.4, -0.2) is 44.0 Å². The summed E-state index contributed by atoms with van der Waals surface area (Å²) in [5.74, 6) is 0.799. The summed E-state index contributed by atoms with van der Waals surface area (Å²) in [6.07, 6.45) is 7.29. The third-order valence-electron chi connectivity index (χ3n) is 4.62. The number of methoxy groups -OCH3 is 1. The molecule has 0 aromatic carbocycles. The molecule has 0 amide bonds. The van der Waals surface area contributed by atoms with Gasteiger partial charge in [-0.3, -0.25) is 4.90 Å². The maximum atomic E-state index is 11.5. The average Bonchev–Trinajstić information content (AvgIpc) is 2.80. The van der Waals surface area contributed by atoms with Gasteiger partial charge in [0, 0.05) is 32.2 Å². The number of ether oxygens (including phenoxy) is 1. The Hall–Kier alpha value is -0.410. The zero-order valence-electron chi connectivity index (χ0n) is 11.2. The van der Waals surface area contributed by atoms with E-state index < -0.39 is 0 Å². The van der Waals surface area contributed by atoms with Gasteiger partial charge in [0.25, 0.3) is 0 Å². The van der Waals surface area contributed by atoms with E-state index in [1.807, 2.05) is 0 Å². The largest absolute Gasteiger partial charge is 0.380 e. The number of rotatable bonds is 4.